The number of hydrogen-bond acceptors (Lipinski definition) is 4. The van der Waals surface area contributed by atoms with E-state index in [4.69, 9.17) is 4.42 Å². The number of carbonyl (C=O) groups excluding carboxylic acids is 1. The molecule has 0 spiro atoms. The minimum Gasteiger partial charge on any atom is -0.443 e. The highest BCUT2D eigenvalue weighted by Crippen LogP contribution is 2.23. The average molecular weight is 370 g/mol. The van der Waals surface area contributed by atoms with Crippen LogP contribution in [0.4, 0.5) is 5.69 Å². The predicted octanol–water partition coefficient (Wildman–Crippen LogP) is 3.15. The smallest absolute Gasteiger partial charge is 0.279 e. The molecule has 2 heterocycles. The molecule has 5 nitrogen and oxygen atoms in total. The van der Waals surface area contributed by atoms with Crippen LogP contribution in [0.1, 0.15) is 24.6 Å². The Balaban J connectivity index is 1.62. The second-order valence-corrected chi connectivity index (χ2v) is 7.29. The fourth-order valence-corrected chi connectivity index (χ4v) is 3.54. The van der Waals surface area contributed by atoms with E-state index in [0.717, 1.165) is 34.8 Å². The molecule has 1 aromatic carbocycles. The van der Waals surface area contributed by atoms with Crippen LogP contribution in [0.15, 0.2) is 52.5 Å². The molecule has 1 unspecified atom stereocenters. The van der Waals surface area contributed by atoms with Crippen LogP contribution in [0, 0.1) is 6.92 Å². The molecule has 1 atom stereocenters. The number of para-hydroxylation sites is 1. The highest BCUT2D eigenvalue weighted by Gasteiger charge is 2.17. The lowest BCUT2D eigenvalue weighted by atomic mass is 10.2. The summed E-state index contributed by atoms with van der Waals surface area (Å²) in [5, 5.41) is 5.01. The molecule has 0 saturated carbocycles. The second kappa shape index (κ2) is 8.78. The molecule has 0 aliphatic carbocycles. The number of anilines is 1. The number of nitrogens with zero attached hydrogens (tertiary/aromatic N) is 1. The van der Waals surface area contributed by atoms with Crippen LogP contribution in [-0.4, -0.2) is 24.0 Å². The molecular formula is C20H24N3O2S+. The summed E-state index contributed by atoms with van der Waals surface area (Å²) >= 11 is 1.60. The van der Waals surface area contributed by atoms with Gasteiger partial charge in [0.05, 0.1) is 11.4 Å². The molecule has 0 aliphatic rings. The van der Waals surface area contributed by atoms with Gasteiger partial charge in [0.25, 0.3) is 5.91 Å². The second-order valence-electron chi connectivity index (χ2n) is 6.34. The third-order valence-electron chi connectivity index (χ3n) is 4.15. The Kier molecular flexibility index (Phi) is 6.20. The monoisotopic (exact) mass is 370 g/mol. The topological polar surface area (TPSA) is 59.6 Å². The summed E-state index contributed by atoms with van der Waals surface area (Å²) in [6, 6.07) is 11.8. The van der Waals surface area contributed by atoms with E-state index in [1.165, 1.54) is 4.90 Å². The summed E-state index contributed by atoms with van der Waals surface area (Å²) in [6.45, 7) is 6.10. The lowest BCUT2D eigenvalue weighted by molar-refractivity contribution is -0.906. The Labute approximate surface area is 157 Å². The highest BCUT2D eigenvalue weighted by molar-refractivity contribution is 7.13. The summed E-state index contributed by atoms with van der Waals surface area (Å²) in [7, 11) is 0. The molecule has 26 heavy (non-hydrogen) atoms. The van der Waals surface area contributed by atoms with Crippen molar-refractivity contribution in [1.82, 2.24) is 4.98 Å². The van der Waals surface area contributed by atoms with Gasteiger partial charge in [0.2, 0.25) is 5.89 Å². The molecule has 3 aromatic rings. The van der Waals surface area contributed by atoms with Gasteiger partial charge in [-0.1, -0.05) is 31.2 Å². The maximum Gasteiger partial charge on any atom is 0.279 e. The van der Waals surface area contributed by atoms with Gasteiger partial charge in [-0.15, -0.1) is 11.3 Å². The molecule has 0 radical (unpaired) electrons. The molecule has 0 bridgehead atoms. The number of nitrogens with one attached hydrogen (secondary N) is 2. The van der Waals surface area contributed by atoms with E-state index in [9.17, 15) is 4.79 Å². The third-order valence-corrected chi connectivity index (χ3v) is 5.01. The summed E-state index contributed by atoms with van der Waals surface area (Å²) in [6.07, 6.45) is 2.70. The SMILES string of the molecule is CCC[NH+](CC(=O)Nc1ccccc1C)Cc1coc(-c2cccs2)n1. The largest absolute Gasteiger partial charge is 0.443 e. The molecule has 1 amide bonds. The first-order valence-corrected chi connectivity index (χ1v) is 9.71. The number of rotatable bonds is 8. The lowest BCUT2D eigenvalue weighted by Crippen LogP contribution is -3.11. The van der Waals surface area contributed by atoms with Crippen molar-refractivity contribution in [2.75, 3.05) is 18.4 Å². The van der Waals surface area contributed by atoms with E-state index in [-0.39, 0.29) is 5.91 Å². The number of aryl methyl sites for hydroxylation is 1. The van der Waals surface area contributed by atoms with E-state index in [1.54, 1.807) is 17.6 Å². The molecule has 0 aliphatic heterocycles. The zero-order chi connectivity index (χ0) is 18.4. The van der Waals surface area contributed by atoms with Crippen LogP contribution in [-0.2, 0) is 11.3 Å². The first-order valence-electron chi connectivity index (χ1n) is 8.83. The van der Waals surface area contributed by atoms with Crippen molar-refractivity contribution in [2.45, 2.75) is 26.8 Å². The van der Waals surface area contributed by atoms with Gasteiger partial charge in [-0.05, 0) is 36.4 Å². The van der Waals surface area contributed by atoms with Gasteiger partial charge in [0.15, 0.2) is 6.54 Å². The lowest BCUT2D eigenvalue weighted by Gasteiger charge is -2.17. The quantitative estimate of drug-likeness (QED) is 0.640. The first kappa shape index (κ1) is 18.4. The standard InChI is InChI=1S/C20H23N3O2S/c1-3-10-23(13-19(24)22-17-8-5-4-7-15(17)2)12-16-14-25-20(21-16)18-9-6-11-26-18/h4-9,11,14H,3,10,12-13H2,1-2H3,(H,22,24)/p+1. The Bertz CT molecular complexity index is 842. The first-order chi connectivity index (χ1) is 12.7. The van der Waals surface area contributed by atoms with Gasteiger partial charge in [-0.3, -0.25) is 4.79 Å². The van der Waals surface area contributed by atoms with Crippen LogP contribution in [0.25, 0.3) is 10.8 Å². The average Bonchev–Trinajstić information content (AvgIpc) is 3.28. The highest BCUT2D eigenvalue weighted by atomic mass is 32.1. The van der Waals surface area contributed by atoms with Crippen molar-refractivity contribution in [3.8, 4) is 10.8 Å². The van der Waals surface area contributed by atoms with Gasteiger partial charge in [0.1, 0.15) is 18.5 Å². The molecule has 0 saturated heterocycles. The third kappa shape index (κ3) is 4.80. The van der Waals surface area contributed by atoms with Crippen molar-refractivity contribution in [3.63, 3.8) is 0 Å². The van der Waals surface area contributed by atoms with Crippen LogP contribution in [0.3, 0.4) is 0 Å². The molecular weight excluding hydrogens is 346 g/mol. The van der Waals surface area contributed by atoms with E-state index >= 15 is 0 Å². The fraction of sp³-hybridized carbons (Fsp3) is 0.300. The van der Waals surface area contributed by atoms with Gasteiger partial charge >= 0.3 is 0 Å². The summed E-state index contributed by atoms with van der Waals surface area (Å²) in [4.78, 5) is 19.2. The minimum atomic E-state index is 0.0183. The van der Waals surface area contributed by atoms with Gasteiger partial charge < -0.3 is 14.6 Å². The number of oxazole rings is 1. The van der Waals surface area contributed by atoms with Gasteiger partial charge in [-0.2, -0.15) is 0 Å². The fourth-order valence-electron chi connectivity index (χ4n) is 2.89. The molecule has 6 heteroatoms. The maximum atomic E-state index is 12.5. The summed E-state index contributed by atoms with van der Waals surface area (Å²) in [5.74, 6) is 0.667. The van der Waals surface area contributed by atoms with E-state index < -0.39 is 0 Å². The summed E-state index contributed by atoms with van der Waals surface area (Å²) < 4.78 is 5.59. The predicted molar refractivity (Wildman–Crippen MR) is 104 cm³/mol. The maximum absolute atomic E-state index is 12.5. The Morgan fingerprint density at radius 3 is 2.85 bits per heavy atom. The number of thiophene rings is 1. The molecule has 136 valence electrons. The molecule has 3 rings (SSSR count). The molecule has 2 N–H and O–H groups in total. The van der Waals surface area contributed by atoms with Crippen LogP contribution >= 0.6 is 11.3 Å². The normalized spacial score (nSPS) is 12.1. The number of aromatic nitrogens is 1. The number of carbonyl (C=O) groups is 1. The number of benzene rings is 1. The van der Waals surface area contributed by atoms with Crippen molar-refractivity contribution < 1.29 is 14.1 Å². The Hall–Kier alpha value is -2.44. The Morgan fingerprint density at radius 1 is 1.27 bits per heavy atom. The van der Waals surface area contributed by atoms with Crippen molar-refractivity contribution in [2.24, 2.45) is 0 Å². The van der Waals surface area contributed by atoms with Crippen molar-refractivity contribution in [3.05, 3.63) is 59.3 Å². The van der Waals surface area contributed by atoms with E-state index in [1.807, 2.05) is 48.7 Å². The summed E-state index contributed by atoms with van der Waals surface area (Å²) in [5.41, 5.74) is 2.81. The zero-order valence-corrected chi connectivity index (χ0v) is 15.9. The van der Waals surface area contributed by atoms with Crippen molar-refractivity contribution in [1.29, 1.82) is 0 Å². The van der Waals surface area contributed by atoms with E-state index in [0.29, 0.717) is 19.0 Å². The number of amides is 1. The van der Waals surface area contributed by atoms with Gasteiger partial charge in [0, 0.05) is 5.69 Å². The molecule has 0 fully saturated rings. The van der Waals surface area contributed by atoms with Crippen LogP contribution in [0.5, 0.6) is 0 Å². The van der Waals surface area contributed by atoms with Crippen LogP contribution in [0.2, 0.25) is 0 Å². The van der Waals surface area contributed by atoms with Crippen molar-refractivity contribution >= 4 is 22.9 Å². The molecule has 2 aromatic heterocycles. The Morgan fingerprint density at radius 2 is 2.12 bits per heavy atom. The zero-order valence-electron chi connectivity index (χ0n) is 15.1. The van der Waals surface area contributed by atoms with E-state index in [2.05, 4.69) is 17.2 Å². The van der Waals surface area contributed by atoms with Gasteiger partial charge in [-0.25, -0.2) is 4.98 Å². The number of quaternary nitrogens is 1. The van der Waals surface area contributed by atoms with Crippen LogP contribution < -0.4 is 10.2 Å². The number of hydrogen-bond donors (Lipinski definition) is 2. The minimum absolute atomic E-state index is 0.0183.